The lowest BCUT2D eigenvalue weighted by Crippen LogP contribution is -2.31. The molecule has 0 aliphatic heterocycles. The van der Waals surface area contributed by atoms with Crippen molar-refractivity contribution in [3.63, 3.8) is 0 Å². The van der Waals surface area contributed by atoms with Crippen molar-refractivity contribution in [2.45, 2.75) is 104 Å². The molecule has 4 heteroatoms. The first-order chi connectivity index (χ1) is 14.4. The van der Waals surface area contributed by atoms with Crippen LogP contribution < -0.4 is 9.47 Å². The van der Waals surface area contributed by atoms with E-state index in [4.69, 9.17) is 9.47 Å². The van der Waals surface area contributed by atoms with Gasteiger partial charge < -0.3 is 19.3 Å². The van der Waals surface area contributed by atoms with Crippen LogP contribution in [0.1, 0.15) is 102 Å². The summed E-state index contributed by atoms with van der Waals surface area (Å²) in [4.78, 5) is 0. The molecular weight excluding hydrogens is 374 g/mol. The van der Waals surface area contributed by atoms with E-state index in [1.165, 1.54) is 76.2 Å². The van der Waals surface area contributed by atoms with Gasteiger partial charge in [-0.1, -0.05) is 84.5 Å². The first kappa shape index (κ1) is 26.8. The summed E-state index contributed by atoms with van der Waals surface area (Å²) in [5.74, 6) is 1.50. The van der Waals surface area contributed by atoms with Crippen LogP contribution in [0.25, 0.3) is 0 Å². The molecule has 0 N–H and O–H groups in total. The van der Waals surface area contributed by atoms with Crippen LogP contribution in [0.4, 0.5) is 0 Å². The Morgan fingerprint density at radius 1 is 0.800 bits per heavy atom. The SMILES string of the molecule is CCCCCCCCCCCCCCOc1c(C[N+](C)(C)[O-])cc(CC)cc1OC. The van der Waals surface area contributed by atoms with E-state index in [1.54, 1.807) is 21.2 Å². The summed E-state index contributed by atoms with van der Waals surface area (Å²) in [6, 6.07) is 4.13. The minimum Gasteiger partial charge on any atom is -0.633 e. The fraction of sp³-hybridized carbons (Fsp3) is 0.769. The molecule has 30 heavy (non-hydrogen) atoms. The third kappa shape index (κ3) is 11.8. The molecule has 0 saturated carbocycles. The van der Waals surface area contributed by atoms with Crippen LogP contribution in [0.15, 0.2) is 12.1 Å². The lowest BCUT2D eigenvalue weighted by Gasteiger charge is -2.34. The Balaban J connectivity index is 2.32. The number of hydrogen-bond donors (Lipinski definition) is 0. The minimum atomic E-state index is -0.370. The average molecular weight is 422 g/mol. The molecule has 1 aromatic carbocycles. The fourth-order valence-corrected chi connectivity index (χ4v) is 3.89. The van der Waals surface area contributed by atoms with E-state index in [0.717, 1.165) is 29.9 Å². The highest BCUT2D eigenvalue weighted by Crippen LogP contribution is 2.35. The standard InChI is InChI=1S/C26H47NO3/c1-6-8-9-10-11-12-13-14-15-16-17-18-19-30-26-24(22-27(3,4)28)20-23(7-2)21-25(26)29-5/h20-21H,6-19,22H2,1-5H3. The van der Waals surface area contributed by atoms with Crippen molar-refractivity contribution >= 4 is 0 Å². The molecule has 0 radical (unpaired) electrons. The van der Waals surface area contributed by atoms with Gasteiger partial charge >= 0.3 is 0 Å². The number of quaternary nitrogens is 1. The summed E-state index contributed by atoms with van der Waals surface area (Å²) in [6.45, 7) is 5.45. The monoisotopic (exact) mass is 421 g/mol. The van der Waals surface area contributed by atoms with Gasteiger partial charge in [-0.25, -0.2) is 0 Å². The van der Waals surface area contributed by atoms with Crippen molar-refractivity contribution in [3.05, 3.63) is 28.5 Å². The van der Waals surface area contributed by atoms with Gasteiger partial charge in [-0.05, 0) is 30.5 Å². The molecule has 0 unspecified atom stereocenters. The number of methoxy groups -OCH3 is 1. The Morgan fingerprint density at radius 2 is 1.33 bits per heavy atom. The van der Waals surface area contributed by atoms with Gasteiger partial charge in [0.15, 0.2) is 11.5 Å². The molecule has 0 aliphatic carbocycles. The third-order valence-electron chi connectivity index (χ3n) is 5.62. The predicted molar refractivity (Wildman–Crippen MR) is 128 cm³/mol. The number of nitrogens with zero attached hydrogens (tertiary/aromatic N) is 1. The zero-order chi connectivity index (χ0) is 22.2. The lowest BCUT2D eigenvalue weighted by molar-refractivity contribution is -0.853. The van der Waals surface area contributed by atoms with Gasteiger partial charge in [0.1, 0.15) is 6.54 Å². The Labute approximate surface area is 186 Å². The van der Waals surface area contributed by atoms with Crippen LogP contribution in [0.3, 0.4) is 0 Å². The number of benzene rings is 1. The molecule has 1 rings (SSSR count). The Hall–Kier alpha value is -1.26. The molecular formula is C26H47NO3. The second-order valence-corrected chi connectivity index (χ2v) is 9.11. The number of ether oxygens (including phenoxy) is 2. The second kappa shape index (κ2) is 15.5. The van der Waals surface area contributed by atoms with Gasteiger partial charge in [0.25, 0.3) is 0 Å². The summed E-state index contributed by atoms with van der Waals surface area (Å²) < 4.78 is 11.3. The fourth-order valence-electron chi connectivity index (χ4n) is 3.89. The van der Waals surface area contributed by atoms with Crippen molar-refractivity contribution in [2.24, 2.45) is 0 Å². The molecule has 0 aromatic heterocycles. The summed E-state index contributed by atoms with van der Waals surface area (Å²) in [7, 11) is 5.01. The molecule has 174 valence electrons. The maximum Gasteiger partial charge on any atom is 0.169 e. The van der Waals surface area contributed by atoms with Gasteiger partial charge in [0.2, 0.25) is 0 Å². The average Bonchev–Trinajstić information content (AvgIpc) is 2.70. The van der Waals surface area contributed by atoms with E-state index in [0.29, 0.717) is 13.2 Å². The summed E-state index contributed by atoms with van der Waals surface area (Å²) in [6.07, 6.45) is 16.9. The Morgan fingerprint density at radius 3 is 1.80 bits per heavy atom. The van der Waals surface area contributed by atoms with Crippen LogP contribution in [0.5, 0.6) is 11.5 Å². The highest BCUT2D eigenvalue weighted by molar-refractivity contribution is 5.49. The quantitative estimate of drug-likeness (QED) is 0.141. The molecule has 0 fully saturated rings. The van der Waals surface area contributed by atoms with E-state index in [-0.39, 0.29) is 4.65 Å². The molecule has 0 spiro atoms. The molecule has 4 nitrogen and oxygen atoms in total. The van der Waals surface area contributed by atoms with Gasteiger partial charge in [-0.3, -0.25) is 0 Å². The summed E-state index contributed by atoms with van der Waals surface area (Å²) in [5.41, 5.74) is 2.12. The number of rotatable bonds is 18. The van der Waals surface area contributed by atoms with Gasteiger partial charge in [0.05, 0.1) is 33.4 Å². The molecule has 0 amide bonds. The first-order valence-electron chi connectivity index (χ1n) is 12.3. The van der Waals surface area contributed by atoms with E-state index in [1.807, 2.05) is 6.07 Å². The zero-order valence-electron chi connectivity index (χ0n) is 20.4. The predicted octanol–water partition coefficient (Wildman–Crippen LogP) is 7.41. The van der Waals surface area contributed by atoms with Gasteiger partial charge in [-0.2, -0.15) is 0 Å². The third-order valence-corrected chi connectivity index (χ3v) is 5.62. The number of hydrogen-bond acceptors (Lipinski definition) is 3. The smallest absolute Gasteiger partial charge is 0.169 e. The summed E-state index contributed by atoms with van der Waals surface area (Å²) >= 11 is 0. The number of aryl methyl sites for hydroxylation is 1. The minimum absolute atomic E-state index is 0.370. The maximum atomic E-state index is 12.3. The van der Waals surface area contributed by atoms with Crippen LogP contribution >= 0.6 is 0 Å². The molecule has 0 saturated heterocycles. The number of hydroxylamine groups is 3. The van der Waals surface area contributed by atoms with Crippen molar-refractivity contribution in [3.8, 4) is 11.5 Å². The van der Waals surface area contributed by atoms with E-state index in [2.05, 4.69) is 19.9 Å². The van der Waals surface area contributed by atoms with E-state index < -0.39 is 0 Å². The highest BCUT2D eigenvalue weighted by Gasteiger charge is 2.17. The lowest BCUT2D eigenvalue weighted by atomic mass is 10.1. The van der Waals surface area contributed by atoms with Crippen LogP contribution in [-0.2, 0) is 13.0 Å². The molecule has 0 aliphatic rings. The molecule has 1 aromatic rings. The molecule has 0 atom stereocenters. The highest BCUT2D eigenvalue weighted by atomic mass is 16.5. The second-order valence-electron chi connectivity index (χ2n) is 9.11. The molecule has 0 bridgehead atoms. The van der Waals surface area contributed by atoms with Gasteiger partial charge in [-0.15, -0.1) is 0 Å². The topological polar surface area (TPSA) is 41.5 Å². The largest absolute Gasteiger partial charge is 0.633 e. The zero-order valence-corrected chi connectivity index (χ0v) is 20.4. The first-order valence-corrected chi connectivity index (χ1v) is 12.3. The number of unbranched alkanes of at least 4 members (excludes halogenated alkanes) is 11. The summed E-state index contributed by atoms with van der Waals surface area (Å²) in [5, 5.41) is 12.3. The maximum absolute atomic E-state index is 12.3. The molecule has 0 heterocycles. The van der Waals surface area contributed by atoms with Crippen LogP contribution in [-0.4, -0.2) is 32.5 Å². The van der Waals surface area contributed by atoms with E-state index in [9.17, 15) is 5.21 Å². The van der Waals surface area contributed by atoms with Crippen LogP contribution in [0.2, 0.25) is 0 Å². The normalized spacial score (nSPS) is 11.7. The Kier molecular flexibility index (Phi) is 13.9. The van der Waals surface area contributed by atoms with Crippen LogP contribution in [0, 0.1) is 5.21 Å². The van der Waals surface area contributed by atoms with E-state index >= 15 is 0 Å². The van der Waals surface area contributed by atoms with Crippen molar-refractivity contribution in [1.82, 2.24) is 0 Å². The Bertz CT molecular complexity index is 566. The van der Waals surface area contributed by atoms with Crippen molar-refractivity contribution in [1.29, 1.82) is 0 Å². The van der Waals surface area contributed by atoms with Crippen molar-refractivity contribution in [2.75, 3.05) is 27.8 Å². The van der Waals surface area contributed by atoms with Crippen molar-refractivity contribution < 1.29 is 14.1 Å². The van der Waals surface area contributed by atoms with Gasteiger partial charge in [0, 0.05) is 0 Å².